The van der Waals surface area contributed by atoms with Gasteiger partial charge in [-0.15, -0.1) is 0 Å². The van der Waals surface area contributed by atoms with Crippen LogP contribution in [0, 0.1) is 0 Å². The van der Waals surface area contributed by atoms with Crippen molar-refractivity contribution in [2.75, 3.05) is 40.1 Å². The first kappa shape index (κ1) is 49.9. The van der Waals surface area contributed by atoms with Gasteiger partial charge in [0.15, 0.2) is 23.4 Å². The first-order valence-corrected chi connectivity index (χ1v) is 23.2. The van der Waals surface area contributed by atoms with Crippen LogP contribution >= 0.6 is 8.53 Å². The molecule has 1 amide bonds. The van der Waals surface area contributed by atoms with Gasteiger partial charge in [0.2, 0.25) is 0 Å². The summed E-state index contributed by atoms with van der Waals surface area (Å²) in [7, 11) is 1.56. The van der Waals surface area contributed by atoms with Crippen molar-refractivity contribution in [3.05, 3.63) is 144 Å². The van der Waals surface area contributed by atoms with Crippen LogP contribution in [0.4, 0.5) is 19.0 Å². The molecule has 15 nitrogen and oxygen atoms in total. The number of halogens is 3. The Labute approximate surface area is 394 Å². The number of carbonyl (C=O) groups is 2. The van der Waals surface area contributed by atoms with E-state index in [1.807, 2.05) is 82.3 Å². The average molecular weight is 959 g/mol. The van der Waals surface area contributed by atoms with Crippen molar-refractivity contribution >= 4 is 37.2 Å². The highest BCUT2D eigenvalue weighted by Crippen LogP contribution is 2.54. The number of alkyl halides is 3. The lowest BCUT2D eigenvalue weighted by Gasteiger charge is -2.47. The number of fused-ring (bicyclic) bond motifs is 1. The lowest BCUT2D eigenvalue weighted by molar-refractivity contribution is -0.861. The second-order valence-electron chi connectivity index (χ2n) is 17.1. The molecule has 19 heteroatoms. The molecule has 4 aromatic carbocycles. The van der Waals surface area contributed by atoms with Gasteiger partial charge in [0.1, 0.15) is 53.9 Å². The fraction of sp³-hybridized carbons (Fsp3) is 0.367. The zero-order valence-corrected chi connectivity index (χ0v) is 39.7. The Balaban J connectivity index is 1.42. The number of likely N-dealkylation sites (N-methyl/N-ethyl adjacent to an activating group) is 1. The van der Waals surface area contributed by atoms with Crippen LogP contribution in [0.2, 0.25) is 0 Å². The molecule has 0 aliphatic carbocycles. The van der Waals surface area contributed by atoms with E-state index in [4.69, 9.17) is 29.2 Å². The van der Waals surface area contributed by atoms with E-state index < -0.39 is 68.6 Å². The fourth-order valence-electron chi connectivity index (χ4n) is 8.97. The van der Waals surface area contributed by atoms with Crippen molar-refractivity contribution in [1.29, 1.82) is 0 Å². The van der Waals surface area contributed by atoms with Crippen molar-refractivity contribution in [3.63, 3.8) is 0 Å². The Bertz CT molecular complexity index is 2590. The standard InChI is InChI=1S/C49H56F3N7O8P/c1-31(2)59(32(3)4,27-26-57(5)47(61)49(50,51)52)68(62)67-39-28-40(58-30-56-41-45(53)54-29-55-46(41)58)65-43(39)44(42(60)33-14-10-8-11-15-33)66-48(34-16-12-9-13-17-34,35-18-22-37(63-6)23-19-35)36-20-24-38(64-7)25-21-36/h8-25,29-32,39-40,43-44,62H,26-28H2,1-7H3,(H2,53,54,55)/q+1/t39-,40+,43-,44?,68?/m0/s1. The van der Waals surface area contributed by atoms with E-state index in [1.165, 1.54) is 12.7 Å². The van der Waals surface area contributed by atoms with Gasteiger partial charge in [0.25, 0.3) is 0 Å². The van der Waals surface area contributed by atoms with E-state index in [-0.39, 0.29) is 29.6 Å². The summed E-state index contributed by atoms with van der Waals surface area (Å²) in [5.74, 6) is -1.19. The number of ether oxygens (including phenoxy) is 4. The summed E-state index contributed by atoms with van der Waals surface area (Å²) >= 11 is 0. The molecule has 1 aliphatic heterocycles. The number of carbonyl (C=O) groups excluding carboxylic acids is 2. The molecular formula is C49H56F3N7O8P+. The van der Waals surface area contributed by atoms with Gasteiger partial charge in [0.05, 0.1) is 39.2 Å². The van der Waals surface area contributed by atoms with E-state index in [0.717, 1.165) is 7.05 Å². The lowest BCUT2D eigenvalue weighted by atomic mass is 9.79. The van der Waals surface area contributed by atoms with Crippen LogP contribution in [0.5, 0.6) is 11.5 Å². The first-order valence-electron chi connectivity index (χ1n) is 22.0. The number of benzene rings is 4. The molecule has 360 valence electrons. The van der Waals surface area contributed by atoms with Gasteiger partial charge in [-0.05, 0) is 68.7 Å². The van der Waals surface area contributed by atoms with Gasteiger partial charge in [-0.2, -0.15) is 13.2 Å². The maximum atomic E-state index is 15.6. The van der Waals surface area contributed by atoms with Crippen LogP contribution < -0.4 is 15.2 Å². The fourth-order valence-corrected chi connectivity index (χ4v) is 10.6. The summed E-state index contributed by atoms with van der Waals surface area (Å²) in [6.45, 7) is 6.86. The number of nitrogens with two attached hydrogens (primary N) is 1. The summed E-state index contributed by atoms with van der Waals surface area (Å²) in [5.41, 5.74) is 7.50. The summed E-state index contributed by atoms with van der Waals surface area (Å²) in [4.78, 5) is 54.2. The van der Waals surface area contributed by atoms with E-state index in [0.29, 0.717) is 49.8 Å². The Kier molecular flexibility index (Phi) is 15.2. The van der Waals surface area contributed by atoms with Crippen molar-refractivity contribution in [3.8, 4) is 11.5 Å². The number of hydrogen-bond donors (Lipinski definition) is 2. The number of methoxy groups -OCH3 is 2. The van der Waals surface area contributed by atoms with Crippen molar-refractivity contribution < 1.29 is 55.4 Å². The molecule has 0 bridgehead atoms. The largest absolute Gasteiger partial charge is 0.497 e. The van der Waals surface area contributed by atoms with Crippen LogP contribution in [0.1, 0.15) is 67.4 Å². The quantitative estimate of drug-likeness (QED) is 0.0453. The second-order valence-corrected chi connectivity index (χ2v) is 18.5. The molecule has 1 aliphatic rings. The van der Waals surface area contributed by atoms with Gasteiger partial charge >= 0.3 is 20.6 Å². The molecule has 3 N–H and O–H groups in total. The summed E-state index contributed by atoms with van der Waals surface area (Å²) in [6, 6.07) is 31.8. The minimum Gasteiger partial charge on any atom is -0.497 e. The third-order valence-electron chi connectivity index (χ3n) is 12.6. The van der Waals surface area contributed by atoms with E-state index >= 15 is 4.79 Å². The Morgan fingerprint density at radius 2 is 1.40 bits per heavy atom. The van der Waals surface area contributed by atoms with Gasteiger partial charge in [-0.3, -0.25) is 22.9 Å². The molecule has 2 unspecified atom stereocenters. The molecular weight excluding hydrogens is 903 g/mol. The highest BCUT2D eigenvalue weighted by molar-refractivity contribution is 7.39. The summed E-state index contributed by atoms with van der Waals surface area (Å²) < 4.78 is 74.9. The SMILES string of the molecule is COc1ccc(C(OC(C(=O)c2ccccc2)[C@H]2O[C@@H](n3cnc4c(N)ncnc43)C[C@@H]2OP(O)[N+](CCN(C)C(=O)C(F)(F)F)(C(C)C)C(C)C)(c2ccccc2)c2ccc(OC)cc2)cc1. The number of anilines is 1. The smallest absolute Gasteiger partial charge is 0.471 e. The molecule has 1 saturated heterocycles. The zero-order valence-electron chi connectivity index (χ0n) is 38.8. The van der Waals surface area contributed by atoms with Crippen molar-refractivity contribution in [2.45, 2.75) is 82.5 Å². The third-order valence-corrected chi connectivity index (χ3v) is 14.8. The average Bonchev–Trinajstić information content (AvgIpc) is 3.97. The van der Waals surface area contributed by atoms with Crippen LogP contribution in [-0.4, -0.2) is 116 Å². The summed E-state index contributed by atoms with van der Waals surface area (Å²) in [6.07, 6.45) is -7.17. The van der Waals surface area contributed by atoms with Gasteiger partial charge in [0, 0.05) is 19.0 Å². The Hall–Kier alpha value is -6.01. The highest BCUT2D eigenvalue weighted by atomic mass is 31.2. The predicted octanol–water partition coefficient (Wildman–Crippen LogP) is 8.23. The number of imidazole rings is 1. The topological polar surface area (TPSA) is 173 Å². The molecule has 2 aromatic heterocycles. The molecule has 1 fully saturated rings. The minimum absolute atomic E-state index is 0.00736. The zero-order chi connectivity index (χ0) is 49.0. The minimum atomic E-state index is -5.09. The molecule has 68 heavy (non-hydrogen) atoms. The number of hydrogen-bond acceptors (Lipinski definition) is 12. The third kappa shape index (κ3) is 9.79. The number of rotatable bonds is 19. The molecule has 5 atom stereocenters. The van der Waals surface area contributed by atoms with E-state index in [1.54, 1.807) is 73.4 Å². The number of Topliss-reactive ketones (excluding diaryl/α,β-unsaturated/α-hetero) is 1. The number of quaternary nitrogens is 1. The molecule has 6 aromatic rings. The number of amides is 1. The van der Waals surface area contributed by atoms with Crippen LogP contribution in [0.15, 0.2) is 122 Å². The number of nitrogens with zero attached hydrogens (tertiary/aromatic N) is 6. The van der Waals surface area contributed by atoms with Crippen LogP contribution in [0.3, 0.4) is 0 Å². The predicted molar refractivity (Wildman–Crippen MR) is 249 cm³/mol. The van der Waals surface area contributed by atoms with Crippen molar-refractivity contribution in [1.82, 2.24) is 24.4 Å². The first-order chi connectivity index (χ1) is 32.5. The van der Waals surface area contributed by atoms with Gasteiger partial charge in [-0.25, -0.2) is 15.0 Å². The van der Waals surface area contributed by atoms with Gasteiger partial charge < -0.3 is 34.5 Å². The maximum Gasteiger partial charge on any atom is 0.471 e. The normalized spacial score (nSPS) is 17.6. The van der Waals surface area contributed by atoms with Crippen molar-refractivity contribution in [2.24, 2.45) is 0 Å². The molecule has 3 heterocycles. The number of ketones is 1. The van der Waals surface area contributed by atoms with Crippen LogP contribution in [-0.2, 0) is 24.4 Å². The Morgan fingerprint density at radius 1 is 0.853 bits per heavy atom. The van der Waals surface area contributed by atoms with Gasteiger partial charge in [-0.1, -0.05) is 84.9 Å². The molecule has 7 rings (SSSR count). The van der Waals surface area contributed by atoms with E-state index in [2.05, 4.69) is 15.0 Å². The molecule has 0 spiro atoms. The second kappa shape index (κ2) is 20.7. The van der Waals surface area contributed by atoms with E-state index in [9.17, 15) is 22.9 Å². The van der Waals surface area contributed by atoms with Crippen LogP contribution in [0.25, 0.3) is 11.2 Å². The number of aromatic nitrogens is 4. The monoisotopic (exact) mass is 958 g/mol. The molecule has 0 radical (unpaired) electrons. The Morgan fingerprint density at radius 3 is 1.93 bits per heavy atom. The highest BCUT2D eigenvalue weighted by Gasteiger charge is 2.55. The lowest BCUT2D eigenvalue weighted by Crippen LogP contribution is -2.57. The number of nitrogen functional groups attached to an aromatic ring is 1. The summed E-state index contributed by atoms with van der Waals surface area (Å²) in [5, 5.41) is 0. The maximum absolute atomic E-state index is 15.6. The molecule has 0 saturated carbocycles.